The number of hydrogen-bond donors (Lipinski definition) is 1. The SMILES string of the molecule is O=C(O)c1ccc(CSc2cc(F)ccc2F)cc1F. The lowest BCUT2D eigenvalue weighted by Crippen LogP contribution is -2.00. The van der Waals surface area contributed by atoms with Crippen LogP contribution in [0.3, 0.4) is 0 Å². The molecule has 0 heterocycles. The molecule has 104 valence electrons. The van der Waals surface area contributed by atoms with E-state index in [4.69, 9.17) is 5.11 Å². The Morgan fingerprint density at radius 2 is 1.80 bits per heavy atom. The van der Waals surface area contributed by atoms with Gasteiger partial charge in [0.1, 0.15) is 17.5 Å². The third-order valence-corrected chi connectivity index (χ3v) is 3.65. The fraction of sp³-hybridized carbons (Fsp3) is 0.0714. The Labute approximate surface area is 117 Å². The molecule has 0 aliphatic carbocycles. The molecule has 2 rings (SSSR count). The van der Waals surface area contributed by atoms with Crippen molar-refractivity contribution in [1.29, 1.82) is 0 Å². The highest BCUT2D eigenvalue weighted by atomic mass is 32.2. The Morgan fingerprint density at radius 3 is 2.45 bits per heavy atom. The van der Waals surface area contributed by atoms with E-state index in [9.17, 15) is 18.0 Å². The molecule has 0 atom stereocenters. The molecule has 0 aromatic heterocycles. The lowest BCUT2D eigenvalue weighted by molar-refractivity contribution is 0.0692. The first-order valence-electron chi connectivity index (χ1n) is 5.57. The minimum Gasteiger partial charge on any atom is -0.478 e. The Kier molecular flexibility index (Phi) is 4.34. The van der Waals surface area contributed by atoms with Gasteiger partial charge in [0, 0.05) is 10.6 Å². The minimum atomic E-state index is -1.35. The molecule has 0 aliphatic heterocycles. The maximum Gasteiger partial charge on any atom is 0.338 e. The van der Waals surface area contributed by atoms with Gasteiger partial charge < -0.3 is 5.11 Å². The van der Waals surface area contributed by atoms with E-state index < -0.39 is 29.0 Å². The van der Waals surface area contributed by atoms with Gasteiger partial charge in [0.25, 0.3) is 0 Å². The summed E-state index contributed by atoms with van der Waals surface area (Å²) in [5.41, 5.74) is 0.0665. The molecule has 0 radical (unpaired) electrons. The number of thioether (sulfide) groups is 1. The summed E-state index contributed by atoms with van der Waals surface area (Å²) < 4.78 is 39.8. The van der Waals surface area contributed by atoms with E-state index in [-0.39, 0.29) is 10.6 Å². The molecule has 20 heavy (non-hydrogen) atoms. The second-order valence-electron chi connectivity index (χ2n) is 3.98. The maximum absolute atomic E-state index is 13.4. The normalized spacial score (nSPS) is 10.6. The van der Waals surface area contributed by atoms with Crippen LogP contribution in [0.25, 0.3) is 0 Å². The number of halogens is 3. The van der Waals surface area contributed by atoms with Gasteiger partial charge in [0.05, 0.1) is 5.56 Å². The van der Waals surface area contributed by atoms with Crippen molar-refractivity contribution in [2.24, 2.45) is 0 Å². The highest BCUT2D eigenvalue weighted by Crippen LogP contribution is 2.26. The van der Waals surface area contributed by atoms with Gasteiger partial charge in [0.15, 0.2) is 0 Å². The summed E-state index contributed by atoms with van der Waals surface area (Å²) in [6, 6.07) is 6.76. The number of benzene rings is 2. The van der Waals surface area contributed by atoms with Crippen LogP contribution in [0, 0.1) is 17.5 Å². The van der Waals surface area contributed by atoms with Gasteiger partial charge in [-0.3, -0.25) is 0 Å². The first kappa shape index (κ1) is 14.5. The standard InChI is InChI=1S/C14H9F3O2S/c15-9-2-4-11(16)13(6-9)20-7-8-1-3-10(14(18)19)12(17)5-8/h1-6H,7H2,(H,18,19). The predicted octanol–water partition coefficient (Wildman–Crippen LogP) is 4.09. The van der Waals surface area contributed by atoms with E-state index >= 15 is 0 Å². The molecule has 2 aromatic carbocycles. The molecule has 0 saturated carbocycles. The average molecular weight is 298 g/mol. The lowest BCUT2D eigenvalue weighted by atomic mass is 10.1. The van der Waals surface area contributed by atoms with Gasteiger partial charge in [-0.2, -0.15) is 0 Å². The molecule has 2 nitrogen and oxygen atoms in total. The van der Waals surface area contributed by atoms with Crippen molar-refractivity contribution >= 4 is 17.7 Å². The molecule has 6 heteroatoms. The zero-order chi connectivity index (χ0) is 14.7. The van der Waals surface area contributed by atoms with E-state index in [0.717, 1.165) is 42.1 Å². The number of aromatic carboxylic acids is 1. The van der Waals surface area contributed by atoms with Crippen molar-refractivity contribution < 1.29 is 23.1 Å². The van der Waals surface area contributed by atoms with Crippen molar-refractivity contribution in [1.82, 2.24) is 0 Å². The van der Waals surface area contributed by atoms with Crippen molar-refractivity contribution in [3.63, 3.8) is 0 Å². The largest absolute Gasteiger partial charge is 0.478 e. The van der Waals surface area contributed by atoms with Crippen LogP contribution < -0.4 is 0 Å². The van der Waals surface area contributed by atoms with Gasteiger partial charge in [-0.25, -0.2) is 18.0 Å². The molecule has 0 spiro atoms. The van der Waals surface area contributed by atoms with Crippen molar-refractivity contribution in [2.75, 3.05) is 0 Å². The topological polar surface area (TPSA) is 37.3 Å². The van der Waals surface area contributed by atoms with E-state index in [1.807, 2.05) is 0 Å². The second kappa shape index (κ2) is 6.00. The lowest BCUT2D eigenvalue weighted by Gasteiger charge is -2.05. The molecule has 0 unspecified atom stereocenters. The molecule has 1 N–H and O–H groups in total. The highest BCUT2D eigenvalue weighted by Gasteiger charge is 2.11. The fourth-order valence-corrected chi connectivity index (χ4v) is 2.47. The molecule has 0 fully saturated rings. The van der Waals surface area contributed by atoms with Gasteiger partial charge >= 0.3 is 5.97 Å². The molecule has 0 amide bonds. The van der Waals surface area contributed by atoms with Crippen LogP contribution in [-0.4, -0.2) is 11.1 Å². The van der Waals surface area contributed by atoms with E-state index in [2.05, 4.69) is 0 Å². The van der Waals surface area contributed by atoms with Crippen LogP contribution in [0.2, 0.25) is 0 Å². The number of carboxylic acid groups (broad SMARTS) is 1. The smallest absolute Gasteiger partial charge is 0.338 e. The summed E-state index contributed by atoms with van der Waals surface area (Å²) in [5.74, 6) is -3.11. The van der Waals surface area contributed by atoms with Gasteiger partial charge in [-0.1, -0.05) is 6.07 Å². The van der Waals surface area contributed by atoms with Gasteiger partial charge in [0.2, 0.25) is 0 Å². The minimum absolute atomic E-state index is 0.118. The summed E-state index contributed by atoms with van der Waals surface area (Å²) in [4.78, 5) is 10.8. The molecular formula is C14H9F3O2S. The van der Waals surface area contributed by atoms with Crippen molar-refractivity contribution in [2.45, 2.75) is 10.6 Å². The number of carboxylic acids is 1. The summed E-state index contributed by atoms with van der Waals surface area (Å²) >= 11 is 1.01. The third kappa shape index (κ3) is 3.33. The van der Waals surface area contributed by atoms with Crippen LogP contribution in [0.5, 0.6) is 0 Å². The molecule has 2 aromatic rings. The molecule has 0 saturated heterocycles. The summed E-state index contributed by atoms with van der Waals surface area (Å²) in [5, 5.41) is 8.69. The first-order chi connectivity index (χ1) is 9.47. The monoisotopic (exact) mass is 298 g/mol. The van der Waals surface area contributed by atoms with E-state index in [0.29, 0.717) is 5.56 Å². The Balaban J connectivity index is 2.13. The van der Waals surface area contributed by atoms with Crippen molar-refractivity contribution in [3.8, 4) is 0 Å². The highest BCUT2D eigenvalue weighted by molar-refractivity contribution is 7.98. The van der Waals surface area contributed by atoms with Crippen LogP contribution >= 0.6 is 11.8 Å². The molecule has 0 bridgehead atoms. The number of hydrogen-bond acceptors (Lipinski definition) is 2. The Morgan fingerprint density at radius 1 is 1.05 bits per heavy atom. The molecular weight excluding hydrogens is 289 g/mol. The summed E-state index contributed by atoms with van der Waals surface area (Å²) in [6.45, 7) is 0. The Hall–Kier alpha value is -1.95. The maximum atomic E-state index is 13.4. The van der Waals surface area contributed by atoms with E-state index in [1.165, 1.54) is 6.07 Å². The van der Waals surface area contributed by atoms with Crippen molar-refractivity contribution in [3.05, 3.63) is 65.0 Å². The second-order valence-corrected chi connectivity index (χ2v) is 5.00. The van der Waals surface area contributed by atoms with Crippen LogP contribution in [-0.2, 0) is 5.75 Å². The Bertz CT molecular complexity index is 659. The quantitative estimate of drug-likeness (QED) is 0.864. The van der Waals surface area contributed by atoms with E-state index in [1.54, 1.807) is 0 Å². The third-order valence-electron chi connectivity index (χ3n) is 2.55. The predicted molar refractivity (Wildman–Crippen MR) is 69.3 cm³/mol. The van der Waals surface area contributed by atoms with Crippen LogP contribution in [0.4, 0.5) is 13.2 Å². The van der Waals surface area contributed by atoms with Crippen LogP contribution in [0.15, 0.2) is 41.3 Å². The summed E-state index contributed by atoms with van der Waals surface area (Å²) in [6.07, 6.45) is 0. The van der Waals surface area contributed by atoms with Gasteiger partial charge in [-0.15, -0.1) is 11.8 Å². The number of rotatable bonds is 4. The number of carbonyl (C=O) groups is 1. The van der Waals surface area contributed by atoms with Gasteiger partial charge in [-0.05, 0) is 35.9 Å². The fourth-order valence-electron chi connectivity index (χ4n) is 1.57. The first-order valence-corrected chi connectivity index (χ1v) is 6.55. The molecule has 0 aliphatic rings. The average Bonchev–Trinajstić information content (AvgIpc) is 2.39. The summed E-state index contributed by atoms with van der Waals surface area (Å²) in [7, 11) is 0. The van der Waals surface area contributed by atoms with Crippen LogP contribution in [0.1, 0.15) is 15.9 Å². The zero-order valence-electron chi connectivity index (χ0n) is 10.1. The zero-order valence-corrected chi connectivity index (χ0v) is 10.9.